The maximum absolute atomic E-state index is 13.2. The summed E-state index contributed by atoms with van der Waals surface area (Å²) in [6.45, 7) is 3.54. The molecule has 0 saturated carbocycles. The number of nitrogens with one attached hydrogen (secondary N) is 1. The van der Waals surface area contributed by atoms with E-state index in [1.165, 1.54) is 12.1 Å². The zero-order valence-electron chi connectivity index (χ0n) is 14.9. The van der Waals surface area contributed by atoms with E-state index in [2.05, 4.69) is 10.3 Å². The molecule has 2 aromatic heterocycles. The van der Waals surface area contributed by atoms with Crippen molar-refractivity contribution in [2.45, 2.75) is 20.0 Å². The van der Waals surface area contributed by atoms with Gasteiger partial charge in [0.15, 0.2) is 0 Å². The summed E-state index contributed by atoms with van der Waals surface area (Å²) in [5.41, 5.74) is 0.849. The fraction of sp³-hybridized carbons (Fsp3) is 0.200. The maximum Gasteiger partial charge on any atom is 0.317 e. The van der Waals surface area contributed by atoms with Crippen molar-refractivity contribution in [1.29, 1.82) is 0 Å². The molecule has 0 aliphatic rings. The molecule has 27 heavy (non-hydrogen) atoms. The van der Waals surface area contributed by atoms with Gasteiger partial charge in [0.05, 0.1) is 6.54 Å². The quantitative estimate of drug-likeness (QED) is 0.635. The number of rotatable bonds is 7. The molecule has 0 spiro atoms. The normalized spacial score (nSPS) is 10.4. The Bertz CT molecular complexity index is 869. The Labute approximate surface area is 161 Å². The van der Waals surface area contributed by atoms with Gasteiger partial charge in [0, 0.05) is 36.3 Å². The fourth-order valence-electron chi connectivity index (χ4n) is 2.43. The first-order chi connectivity index (χ1) is 13.1. The van der Waals surface area contributed by atoms with Crippen LogP contribution in [0.1, 0.15) is 17.4 Å². The molecule has 0 bridgehead atoms. The van der Waals surface area contributed by atoms with E-state index in [0.29, 0.717) is 31.3 Å². The molecule has 7 heteroatoms. The summed E-state index contributed by atoms with van der Waals surface area (Å²) in [4.78, 5) is 19.4. The van der Waals surface area contributed by atoms with E-state index in [0.717, 1.165) is 10.4 Å². The molecule has 3 aromatic rings. The zero-order chi connectivity index (χ0) is 19.1. The molecule has 0 aliphatic heterocycles. The van der Waals surface area contributed by atoms with E-state index in [1.807, 2.05) is 30.5 Å². The summed E-state index contributed by atoms with van der Waals surface area (Å²) in [6.07, 6.45) is 1.63. The topological polar surface area (TPSA) is 54.5 Å². The molecule has 5 nitrogen and oxygen atoms in total. The SMILES string of the molecule is CCN(Cc1cccs1)C(=O)NCc1ccc(Oc2cccc(F)c2)nc1. The minimum atomic E-state index is -0.366. The molecule has 0 aliphatic carbocycles. The number of pyridine rings is 1. The number of carbonyl (C=O) groups is 1. The number of hydrogen-bond acceptors (Lipinski definition) is 4. The van der Waals surface area contributed by atoms with E-state index in [4.69, 9.17) is 4.74 Å². The summed E-state index contributed by atoms with van der Waals surface area (Å²) in [6, 6.07) is 13.3. The molecule has 2 amide bonds. The second-order valence-corrected chi connectivity index (χ2v) is 6.85. The van der Waals surface area contributed by atoms with Gasteiger partial charge in [-0.05, 0) is 36.1 Å². The van der Waals surface area contributed by atoms with Crippen molar-refractivity contribution in [3.63, 3.8) is 0 Å². The molecule has 2 heterocycles. The largest absolute Gasteiger partial charge is 0.439 e. The third kappa shape index (κ3) is 5.52. The van der Waals surface area contributed by atoms with E-state index in [9.17, 15) is 9.18 Å². The lowest BCUT2D eigenvalue weighted by atomic mass is 10.3. The van der Waals surface area contributed by atoms with Gasteiger partial charge in [0.2, 0.25) is 5.88 Å². The number of ether oxygens (including phenoxy) is 1. The minimum absolute atomic E-state index is 0.119. The Morgan fingerprint density at radius 2 is 2.15 bits per heavy atom. The molecule has 0 unspecified atom stereocenters. The Morgan fingerprint density at radius 1 is 1.26 bits per heavy atom. The van der Waals surface area contributed by atoms with Crippen molar-refractivity contribution >= 4 is 17.4 Å². The van der Waals surface area contributed by atoms with Gasteiger partial charge in [-0.3, -0.25) is 0 Å². The van der Waals surface area contributed by atoms with E-state index < -0.39 is 0 Å². The summed E-state index contributed by atoms with van der Waals surface area (Å²) in [7, 11) is 0. The summed E-state index contributed by atoms with van der Waals surface area (Å²) in [5.74, 6) is 0.383. The second-order valence-electron chi connectivity index (χ2n) is 5.82. The molecular weight excluding hydrogens is 365 g/mol. The first-order valence-corrected chi connectivity index (χ1v) is 9.45. The highest BCUT2D eigenvalue weighted by Gasteiger charge is 2.12. The Morgan fingerprint density at radius 3 is 2.81 bits per heavy atom. The van der Waals surface area contributed by atoms with Gasteiger partial charge in [-0.2, -0.15) is 0 Å². The first kappa shape index (κ1) is 18.8. The van der Waals surface area contributed by atoms with Gasteiger partial charge in [-0.1, -0.05) is 18.2 Å². The van der Waals surface area contributed by atoms with Crippen LogP contribution in [0.3, 0.4) is 0 Å². The number of nitrogens with zero attached hydrogens (tertiary/aromatic N) is 2. The predicted octanol–water partition coefficient (Wildman–Crippen LogP) is 4.81. The van der Waals surface area contributed by atoms with Gasteiger partial charge in [0.25, 0.3) is 0 Å². The van der Waals surface area contributed by atoms with E-state index in [1.54, 1.807) is 40.6 Å². The number of urea groups is 1. The standard InChI is InChI=1S/C20H20FN3O2S/c1-2-24(14-18-7-4-10-27-18)20(25)23-13-15-8-9-19(22-12-15)26-17-6-3-5-16(21)11-17/h3-12H,2,13-14H2,1H3,(H,23,25). The summed E-state index contributed by atoms with van der Waals surface area (Å²) >= 11 is 1.63. The lowest BCUT2D eigenvalue weighted by Gasteiger charge is -2.20. The number of amides is 2. The Hall–Kier alpha value is -2.93. The maximum atomic E-state index is 13.2. The van der Waals surface area contributed by atoms with Crippen molar-refractivity contribution in [2.75, 3.05) is 6.54 Å². The lowest BCUT2D eigenvalue weighted by Crippen LogP contribution is -2.38. The van der Waals surface area contributed by atoms with Crippen LogP contribution >= 0.6 is 11.3 Å². The van der Waals surface area contributed by atoms with Crippen LogP contribution < -0.4 is 10.1 Å². The lowest BCUT2D eigenvalue weighted by molar-refractivity contribution is 0.198. The van der Waals surface area contributed by atoms with Crippen LogP contribution in [0.5, 0.6) is 11.6 Å². The van der Waals surface area contributed by atoms with E-state index in [-0.39, 0.29) is 11.8 Å². The van der Waals surface area contributed by atoms with Gasteiger partial charge < -0.3 is 15.0 Å². The molecule has 0 radical (unpaired) electrons. The number of benzene rings is 1. The van der Waals surface area contributed by atoms with E-state index >= 15 is 0 Å². The van der Waals surface area contributed by atoms with Crippen LogP contribution in [-0.4, -0.2) is 22.5 Å². The molecule has 0 atom stereocenters. The van der Waals surface area contributed by atoms with Crippen LogP contribution in [0.2, 0.25) is 0 Å². The van der Waals surface area contributed by atoms with Gasteiger partial charge in [-0.15, -0.1) is 11.3 Å². The minimum Gasteiger partial charge on any atom is -0.439 e. The fourth-order valence-corrected chi connectivity index (χ4v) is 3.15. The smallest absolute Gasteiger partial charge is 0.317 e. The average molecular weight is 385 g/mol. The first-order valence-electron chi connectivity index (χ1n) is 8.57. The summed E-state index contributed by atoms with van der Waals surface area (Å²) in [5, 5.41) is 4.90. The highest BCUT2D eigenvalue weighted by Crippen LogP contribution is 2.20. The van der Waals surface area contributed by atoms with Crippen molar-refractivity contribution in [2.24, 2.45) is 0 Å². The van der Waals surface area contributed by atoms with Crippen LogP contribution in [0.25, 0.3) is 0 Å². The highest BCUT2D eigenvalue weighted by molar-refractivity contribution is 7.09. The molecule has 1 aromatic carbocycles. The van der Waals surface area contributed by atoms with Crippen LogP contribution in [0.4, 0.5) is 9.18 Å². The third-order valence-electron chi connectivity index (χ3n) is 3.86. The van der Waals surface area contributed by atoms with Crippen LogP contribution in [0.15, 0.2) is 60.1 Å². The van der Waals surface area contributed by atoms with Crippen molar-refractivity contribution < 1.29 is 13.9 Å². The Kier molecular flexibility index (Phi) is 6.38. The zero-order valence-corrected chi connectivity index (χ0v) is 15.7. The van der Waals surface area contributed by atoms with Crippen molar-refractivity contribution in [3.8, 4) is 11.6 Å². The third-order valence-corrected chi connectivity index (χ3v) is 4.72. The Balaban J connectivity index is 1.52. The second kappa shape index (κ2) is 9.14. The monoisotopic (exact) mass is 385 g/mol. The molecule has 0 saturated heterocycles. The number of aromatic nitrogens is 1. The van der Waals surface area contributed by atoms with Gasteiger partial charge >= 0.3 is 6.03 Å². The molecule has 1 N–H and O–H groups in total. The molecule has 140 valence electrons. The van der Waals surface area contributed by atoms with Crippen LogP contribution in [-0.2, 0) is 13.1 Å². The van der Waals surface area contributed by atoms with Crippen molar-refractivity contribution in [1.82, 2.24) is 15.2 Å². The molecule has 0 fully saturated rings. The van der Waals surface area contributed by atoms with Crippen LogP contribution in [0, 0.1) is 5.82 Å². The number of thiophene rings is 1. The molecule has 3 rings (SSSR count). The summed E-state index contributed by atoms with van der Waals surface area (Å²) < 4.78 is 18.7. The van der Waals surface area contributed by atoms with Crippen molar-refractivity contribution in [3.05, 3.63) is 76.4 Å². The number of halogens is 1. The average Bonchev–Trinajstić information content (AvgIpc) is 3.18. The number of carbonyl (C=O) groups excluding carboxylic acids is 1. The highest BCUT2D eigenvalue weighted by atomic mass is 32.1. The number of hydrogen-bond donors (Lipinski definition) is 1. The predicted molar refractivity (Wildman–Crippen MR) is 103 cm³/mol. The molecular formula is C20H20FN3O2S. The van der Waals surface area contributed by atoms with Gasteiger partial charge in [-0.25, -0.2) is 14.2 Å². The van der Waals surface area contributed by atoms with Gasteiger partial charge in [0.1, 0.15) is 11.6 Å².